The van der Waals surface area contributed by atoms with E-state index in [9.17, 15) is 13.9 Å². The van der Waals surface area contributed by atoms with E-state index in [1.165, 1.54) is 12.1 Å². The maximum absolute atomic E-state index is 14.2. The van der Waals surface area contributed by atoms with Crippen molar-refractivity contribution in [1.82, 2.24) is 19.7 Å². The Labute approximate surface area is 164 Å². The lowest BCUT2D eigenvalue weighted by Gasteiger charge is -2.25. The number of fused-ring (bicyclic) bond motifs is 2. The van der Waals surface area contributed by atoms with Gasteiger partial charge >= 0.3 is 0 Å². The Morgan fingerprint density at radius 1 is 1.10 bits per heavy atom. The molecule has 2 aromatic carbocycles. The van der Waals surface area contributed by atoms with Crippen molar-refractivity contribution in [3.05, 3.63) is 90.1 Å². The van der Waals surface area contributed by atoms with Gasteiger partial charge in [0.1, 0.15) is 23.7 Å². The lowest BCUT2D eigenvalue weighted by atomic mass is 9.87. The van der Waals surface area contributed by atoms with Crippen LogP contribution in [0, 0.1) is 5.82 Å². The number of halogens is 2. The van der Waals surface area contributed by atoms with Crippen molar-refractivity contribution in [3.8, 4) is 5.69 Å². The van der Waals surface area contributed by atoms with Crippen molar-refractivity contribution in [3.63, 3.8) is 0 Å². The van der Waals surface area contributed by atoms with Gasteiger partial charge in [-0.2, -0.15) is 5.10 Å². The number of alkyl halides is 1. The van der Waals surface area contributed by atoms with Gasteiger partial charge in [0, 0.05) is 28.7 Å². The van der Waals surface area contributed by atoms with Crippen LogP contribution in [0.1, 0.15) is 11.1 Å². The number of nitrogens with one attached hydrogen (secondary N) is 1. The number of aromatic amines is 1. The predicted molar refractivity (Wildman–Crippen MR) is 106 cm³/mol. The molecule has 1 unspecified atom stereocenters. The Kier molecular flexibility index (Phi) is 3.92. The topological polar surface area (TPSA) is 66.7 Å². The van der Waals surface area contributed by atoms with Crippen molar-refractivity contribution in [2.45, 2.75) is 5.60 Å². The SMILES string of the molecule is OC(CF)(c1ccc2c(cnn2-c2ccc(F)cc2)c1)c1c[nH]c2ncccc12. The second-order valence-electron chi connectivity index (χ2n) is 6.90. The standard InChI is InChI=1S/C22H16F2N4O/c23-13-22(29,19-12-26-21-18(19)2-1-9-25-21)15-3-8-20-14(10-15)11-27-28(20)17-6-4-16(24)5-7-17/h1-12,29H,13H2,(H,25,26). The molecule has 29 heavy (non-hydrogen) atoms. The van der Waals surface area contributed by atoms with Gasteiger partial charge in [0.25, 0.3) is 0 Å². The largest absolute Gasteiger partial charge is 0.378 e. The van der Waals surface area contributed by atoms with E-state index in [2.05, 4.69) is 15.1 Å². The second kappa shape index (κ2) is 6.49. The molecule has 1 atom stereocenters. The number of H-pyrrole nitrogens is 1. The third-order valence-electron chi connectivity index (χ3n) is 5.21. The molecule has 5 nitrogen and oxygen atoms in total. The van der Waals surface area contributed by atoms with Crippen LogP contribution in [0.2, 0.25) is 0 Å². The van der Waals surface area contributed by atoms with Crippen LogP contribution in [0.5, 0.6) is 0 Å². The van der Waals surface area contributed by atoms with E-state index in [0.29, 0.717) is 27.8 Å². The average Bonchev–Trinajstić information content (AvgIpc) is 3.38. The zero-order chi connectivity index (χ0) is 20.0. The van der Waals surface area contributed by atoms with Crippen LogP contribution in [0.25, 0.3) is 27.6 Å². The second-order valence-corrected chi connectivity index (χ2v) is 6.90. The molecule has 0 saturated heterocycles. The molecule has 0 fully saturated rings. The van der Waals surface area contributed by atoms with Crippen LogP contribution in [0.3, 0.4) is 0 Å². The number of benzene rings is 2. The molecule has 0 radical (unpaired) electrons. The molecule has 2 N–H and O–H groups in total. The third kappa shape index (κ3) is 2.70. The first-order valence-electron chi connectivity index (χ1n) is 9.05. The summed E-state index contributed by atoms with van der Waals surface area (Å²) in [6, 6.07) is 14.7. The van der Waals surface area contributed by atoms with Crippen LogP contribution in [0.4, 0.5) is 8.78 Å². The molecule has 5 aromatic rings. The van der Waals surface area contributed by atoms with Gasteiger partial charge in [-0.3, -0.25) is 0 Å². The molecule has 0 aliphatic carbocycles. The van der Waals surface area contributed by atoms with Crippen LogP contribution in [-0.4, -0.2) is 31.5 Å². The molecule has 0 saturated carbocycles. The van der Waals surface area contributed by atoms with E-state index in [0.717, 1.165) is 10.9 Å². The summed E-state index contributed by atoms with van der Waals surface area (Å²) in [4.78, 5) is 7.19. The first-order chi connectivity index (χ1) is 14.1. The van der Waals surface area contributed by atoms with Gasteiger partial charge in [-0.05, 0) is 54.1 Å². The van der Waals surface area contributed by atoms with Gasteiger partial charge in [0.05, 0.1) is 17.4 Å². The first kappa shape index (κ1) is 17.5. The quantitative estimate of drug-likeness (QED) is 0.482. The number of aliphatic hydroxyl groups is 1. The molecule has 0 aliphatic heterocycles. The van der Waals surface area contributed by atoms with Gasteiger partial charge in [-0.15, -0.1) is 0 Å². The zero-order valence-corrected chi connectivity index (χ0v) is 15.2. The summed E-state index contributed by atoms with van der Waals surface area (Å²) in [6.45, 7) is -0.994. The maximum atomic E-state index is 14.2. The summed E-state index contributed by atoms with van der Waals surface area (Å²) in [6.07, 6.45) is 4.86. The molecule has 0 aliphatic rings. The van der Waals surface area contributed by atoms with E-state index < -0.39 is 12.3 Å². The Hall–Kier alpha value is -3.58. The fraction of sp³-hybridized carbons (Fsp3) is 0.0909. The van der Waals surface area contributed by atoms with Gasteiger partial charge in [0.15, 0.2) is 0 Å². The van der Waals surface area contributed by atoms with Crippen molar-refractivity contribution in [2.24, 2.45) is 0 Å². The third-order valence-corrected chi connectivity index (χ3v) is 5.21. The van der Waals surface area contributed by atoms with E-state index in [1.807, 2.05) is 0 Å². The van der Waals surface area contributed by atoms with Crippen molar-refractivity contribution >= 4 is 21.9 Å². The minimum absolute atomic E-state index is 0.325. The van der Waals surface area contributed by atoms with Gasteiger partial charge in [0.2, 0.25) is 0 Å². The van der Waals surface area contributed by atoms with Crippen LogP contribution < -0.4 is 0 Å². The van der Waals surface area contributed by atoms with E-state index in [1.54, 1.807) is 65.7 Å². The molecule has 7 heteroatoms. The monoisotopic (exact) mass is 390 g/mol. The molecule has 3 heterocycles. The van der Waals surface area contributed by atoms with Crippen molar-refractivity contribution in [2.75, 3.05) is 6.67 Å². The summed E-state index contributed by atoms with van der Waals surface area (Å²) >= 11 is 0. The fourth-order valence-electron chi connectivity index (χ4n) is 3.68. The smallest absolute Gasteiger partial charge is 0.145 e. The summed E-state index contributed by atoms with van der Waals surface area (Å²) in [5, 5.41) is 17.0. The van der Waals surface area contributed by atoms with Crippen LogP contribution >= 0.6 is 0 Å². The highest BCUT2D eigenvalue weighted by Crippen LogP contribution is 2.36. The van der Waals surface area contributed by atoms with Crippen LogP contribution in [-0.2, 0) is 5.60 Å². The Balaban J connectivity index is 1.63. The van der Waals surface area contributed by atoms with Crippen molar-refractivity contribution < 1.29 is 13.9 Å². The minimum Gasteiger partial charge on any atom is -0.378 e. The summed E-state index contributed by atoms with van der Waals surface area (Å²) < 4.78 is 29.1. The van der Waals surface area contributed by atoms with Gasteiger partial charge in [-0.1, -0.05) is 6.07 Å². The van der Waals surface area contributed by atoms with Gasteiger partial charge < -0.3 is 10.1 Å². The van der Waals surface area contributed by atoms with Crippen LogP contribution in [0.15, 0.2) is 73.2 Å². The van der Waals surface area contributed by atoms with E-state index in [4.69, 9.17) is 0 Å². The Morgan fingerprint density at radius 3 is 2.72 bits per heavy atom. The minimum atomic E-state index is -1.83. The zero-order valence-electron chi connectivity index (χ0n) is 15.2. The fourth-order valence-corrected chi connectivity index (χ4v) is 3.68. The Morgan fingerprint density at radius 2 is 1.93 bits per heavy atom. The molecule has 0 spiro atoms. The highest BCUT2D eigenvalue weighted by atomic mass is 19.1. The lowest BCUT2D eigenvalue weighted by Crippen LogP contribution is -2.29. The molecule has 3 aromatic heterocycles. The lowest BCUT2D eigenvalue weighted by molar-refractivity contribution is 0.0534. The highest BCUT2D eigenvalue weighted by Gasteiger charge is 2.35. The number of rotatable bonds is 4. The van der Waals surface area contributed by atoms with Crippen molar-refractivity contribution in [1.29, 1.82) is 0 Å². The molecule has 0 amide bonds. The first-order valence-corrected chi connectivity index (χ1v) is 9.05. The number of aromatic nitrogens is 4. The normalized spacial score (nSPS) is 13.8. The number of nitrogens with zero attached hydrogens (tertiary/aromatic N) is 3. The average molecular weight is 390 g/mol. The summed E-state index contributed by atoms with van der Waals surface area (Å²) in [5.41, 5.74) is 1.07. The summed E-state index contributed by atoms with van der Waals surface area (Å²) in [5.74, 6) is -0.325. The van der Waals surface area contributed by atoms with E-state index >= 15 is 0 Å². The molecule has 144 valence electrons. The number of hydrogen-bond acceptors (Lipinski definition) is 3. The predicted octanol–water partition coefficient (Wildman–Crippen LogP) is 4.25. The number of hydrogen-bond donors (Lipinski definition) is 2. The molecule has 5 rings (SSSR count). The molecular formula is C22H16F2N4O. The molecular weight excluding hydrogens is 374 g/mol. The van der Waals surface area contributed by atoms with Gasteiger partial charge in [-0.25, -0.2) is 18.4 Å². The van der Waals surface area contributed by atoms with E-state index in [-0.39, 0.29) is 5.82 Å². The Bertz CT molecular complexity index is 1330. The summed E-state index contributed by atoms with van der Waals surface area (Å²) in [7, 11) is 0. The highest BCUT2D eigenvalue weighted by molar-refractivity contribution is 5.84. The maximum Gasteiger partial charge on any atom is 0.145 e. The molecule has 0 bridgehead atoms. The number of pyridine rings is 1.